The summed E-state index contributed by atoms with van der Waals surface area (Å²) in [6.07, 6.45) is 4.63. The number of fused-ring (bicyclic) bond motifs is 1. The number of nitrogens with one attached hydrogen (secondary N) is 2. The molecule has 166 valence electrons. The molecule has 0 bridgehead atoms. The number of nitrogens with zero attached hydrogens (tertiary/aromatic N) is 4. The molecule has 1 fully saturated rings. The second-order valence-electron chi connectivity index (χ2n) is 9.62. The zero-order valence-electron chi connectivity index (χ0n) is 18.9. The molecule has 0 amide bonds. The van der Waals surface area contributed by atoms with Crippen LogP contribution in [-0.2, 0) is 17.7 Å². The molecule has 1 saturated heterocycles. The van der Waals surface area contributed by atoms with E-state index < -0.39 is 0 Å². The van der Waals surface area contributed by atoms with Gasteiger partial charge in [-0.25, -0.2) is 9.67 Å². The summed E-state index contributed by atoms with van der Waals surface area (Å²) in [4.78, 5) is 9.13. The number of guanidine groups is 1. The van der Waals surface area contributed by atoms with Crippen LogP contribution in [-0.4, -0.2) is 53.1 Å². The summed E-state index contributed by atoms with van der Waals surface area (Å²) in [5.41, 5.74) is 0.157. The minimum atomic E-state index is 0. The topological polar surface area (TPSA) is 76.4 Å². The van der Waals surface area contributed by atoms with Crippen molar-refractivity contribution in [2.45, 2.75) is 84.9 Å². The monoisotopic (exact) mass is 518 g/mol. The first kappa shape index (κ1) is 24.4. The number of halogens is 1. The first-order chi connectivity index (χ1) is 13.3. The van der Waals surface area contributed by atoms with E-state index in [0.29, 0.717) is 17.9 Å². The molecule has 3 rings (SSSR count). The lowest BCUT2D eigenvalue weighted by Gasteiger charge is -2.40. The summed E-state index contributed by atoms with van der Waals surface area (Å²) in [6.45, 7) is 13.7. The highest BCUT2D eigenvalue weighted by Crippen LogP contribution is 2.33. The standard InChI is InChI=1S/C21H38N6O.HI/c1-14(2)19-25-17-10-9-16(13-27(17)26-19)24-20(22-6)23-12-15-8-7-11-28-18(15)21(3,4)5;/h14-16,18H,7-13H2,1-6H3,(H2,22,23,24);1H. The Kier molecular flexibility index (Phi) is 8.75. The summed E-state index contributed by atoms with van der Waals surface area (Å²) in [5.74, 6) is 3.80. The molecular weight excluding hydrogens is 479 g/mol. The molecule has 2 aliphatic heterocycles. The maximum Gasteiger partial charge on any atom is 0.191 e. The fraction of sp³-hybridized carbons (Fsp3) is 0.857. The van der Waals surface area contributed by atoms with Crippen LogP contribution in [0.3, 0.4) is 0 Å². The van der Waals surface area contributed by atoms with Crippen molar-refractivity contribution >= 4 is 29.9 Å². The molecule has 2 aliphatic rings. The smallest absolute Gasteiger partial charge is 0.191 e. The molecule has 0 saturated carbocycles. The van der Waals surface area contributed by atoms with Gasteiger partial charge in [-0.05, 0) is 24.7 Å². The highest BCUT2D eigenvalue weighted by molar-refractivity contribution is 14.0. The second kappa shape index (κ2) is 10.4. The predicted octanol–water partition coefficient (Wildman–Crippen LogP) is 3.34. The van der Waals surface area contributed by atoms with E-state index in [-0.39, 0.29) is 35.5 Å². The van der Waals surface area contributed by atoms with Gasteiger partial charge in [-0.1, -0.05) is 34.6 Å². The molecule has 3 unspecified atom stereocenters. The van der Waals surface area contributed by atoms with Crippen molar-refractivity contribution in [3.8, 4) is 0 Å². The van der Waals surface area contributed by atoms with Crippen molar-refractivity contribution in [1.29, 1.82) is 0 Å². The van der Waals surface area contributed by atoms with Crippen LogP contribution in [0.4, 0.5) is 0 Å². The minimum absolute atomic E-state index is 0. The SMILES string of the molecule is CN=C(NCC1CCCOC1C(C)(C)C)NC1CCc2nc(C(C)C)nn2C1.I. The van der Waals surface area contributed by atoms with Gasteiger partial charge in [0.15, 0.2) is 11.8 Å². The number of hydrogen-bond acceptors (Lipinski definition) is 4. The van der Waals surface area contributed by atoms with Gasteiger partial charge in [0.2, 0.25) is 0 Å². The number of aromatic nitrogens is 3. The van der Waals surface area contributed by atoms with Crippen molar-refractivity contribution in [3.05, 3.63) is 11.6 Å². The lowest BCUT2D eigenvalue weighted by molar-refractivity contribution is -0.0835. The van der Waals surface area contributed by atoms with E-state index in [9.17, 15) is 0 Å². The Morgan fingerprint density at radius 3 is 2.72 bits per heavy atom. The van der Waals surface area contributed by atoms with E-state index in [1.54, 1.807) is 0 Å². The zero-order chi connectivity index (χ0) is 20.3. The highest BCUT2D eigenvalue weighted by Gasteiger charge is 2.35. The molecule has 8 heteroatoms. The molecule has 0 aliphatic carbocycles. The zero-order valence-corrected chi connectivity index (χ0v) is 21.2. The average molecular weight is 518 g/mol. The molecular formula is C21H39IN6O. The van der Waals surface area contributed by atoms with Crippen molar-refractivity contribution in [1.82, 2.24) is 25.4 Å². The van der Waals surface area contributed by atoms with E-state index in [1.165, 1.54) is 6.42 Å². The third-order valence-electron chi connectivity index (χ3n) is 5.79. The molecule has 29 heavy (non-hydrogen) atoms. The first-order valence-electron chi connectivity index (χ1n) is 10.8. The summed E-state index contributed by atoms with van der Waals surface area (Å²) < 4.78 is 8.18. The maximum atomic E-state index is 6.11. The fourth-order valence-electron chi connectivity index (χ4n) is 4.32. The molecule has 0 radical (unpaired) electrons. The van der Waals surface area contributed by atoms with E-state index in [2.05, 4.69) is 65.0 Å². The number of aliphatic imine (C=N–C) groups is 1. The van der Waals surface area contributed by atoms with Crippen LogP contribution in [0, 0.1) is 11.3 Å². The van der Waals surface area contributed by atoms with E-state index in [1.807, 2.05) is 7.05 Å². The summed E-state index contributed by atoms with van der Waals surface area (Å²) in [7, 11) is 1.84. The third kappa shape index (κ3) is 6.29. The Bertz CT molecular complexity index is 681. The molecule has 3 heterocycles. The summed E-state index contributed by atoms with van der Waals surface area (Å²) in [5, 5.41) is 11.8. The van der Waals surface area contributed by atoms with E-state index in [4.69, 9.17) is 4.74 Å². The number of hydrogen-bond donors (Lipinski definition) is 2. The Labute approximate surface area is 192 Å². The Balaban J connectivity index is 0.00000300. The van der Waals surface area contributed by atoms with Crippen molar-refractivity contribution in [2.24, 2.45) is 16.3 Å². The Morgan fingerprint density at radius 2 is 2.07 bits per heavy atom. The third-order valence-corrected chi connectivity index (χ3v) is 5.79. The number of ether oxygens (including phenoxy) is 1. The lowest BCUT2D eigenvalue weighted by Crippen LogP contribution is -2.50. The van der Waals surface area contributed by atoms with E-state index in [0.717, 1.165) is 56.6 Å². The quantitative estimate of drug-likeness (QED) is 0.364. The highest BCUT2D eigenvalue weighted by atomic mass is 127. The molecule has 0 spiro atoms. The molecule has 3 atom stereocenters. The van der Waals surface area contributed by atoms with Gasteiger partial charge in [0.05, 0.1) is 12.6 Å². The van der Waals surface area contributed by atoms with Gasteiger partial charge >= 0.3 is 0 Å². The lowest BCUT2D eigenvalue weighted by atomic mass is 9.78. The van der Waals surface area contributed by atoms with Crippen molar-refractivity contribution in [2.75, 3.05) is 20.2 Å². The number of rotatable bonds is 4. The van der Waals surface area contributed by atoms with Crippen LogP contribution in [0.2, 0.25) is 0 Å². The molecule has 7 nitrogen and oxygen atoms in total. The van der Waals surface area contributed by atoms with Gasteiger partial charge in [-0.3, -0.25) is 4.99 Å². The second-order valence-corrected chi connectivity index (χ2v) is 9.62. The largest absolute Gasteiger partial charge is 0.377 e. The summed E-state index contributed by atoms with van der Waals surface area (Å²) in [6, 6.07) is 0.321. The molecule has 1 aromatic heterocycles. The molecule has 2 N–H and O–H groups in total. The van der Waals surface area contributed by atoms with Crippen molar-refractivity contribution < 1.29 is 4.74 Å². The van der Waals surface area contributed by atoms with Crippen LogP contribution in [0.25, 0.3) is 0 Å². The molecule has 1 aromatic rings. The van der Waals surface area contributed by atoms with Gasteiger partial charge in [-0.15, -0.1) is 24.0 Å². The van der Waals surface area contributed by atoms with Gasteiger partial charge in [0, 0.05) is 44.5 Å². The van der Waals surface area contributed by atoms with Crippen LogP contribution in [0.15, 0.2) is 4.99 Å². The van der Waals surface area contributed by atoms with Crippen LogP contribution < -0.4 is 10.6 Å². The normalized spacial score (nSPS) is 25.3. The van der Waals surface area contributed by atoms with E-state index >= 15 is 0 Å². The van der Waals surface area contributed by atoms with Gasteiger partial charge in [0.25, 0.3) is 0 Å². The molecule has 0 aromatic carbocycles. The van der Waals surface area contributed by atoms with Crippen LogP contribution >= 0.6 is 24.0 Å². The average Bonchev–Trinajstić information content (AvgIpc) is 3.08. The van der Waals surface area contributed by atoms with Gasteiger partial charge < -0.3 is 15.4 Å². The fourth-order valence-corrected chi connectivity index (χ4v) is 4.32. The maximum absolute atomic E-state index is 6.11. The first-order valence-corrected chi connectivity index (χ1v) is 10.8. The van der Waals surface area contributed by atoms with Gasteiger partial charge in [-0.2, -0.15) is 5.10 Å². The van der Waals surface area contributed by atoms with Gasteiger partial charge in [0.1, 0.15) is 5.82 Å². The van der Waals surface area contributed by atoms with Crippen molar-refractivity contribution in [3.63, 3.8) is 0 Å². The number of aryl methyl sites for hydroxylation is 1. The van der Waals surface area contributed by atoms with Crippen LogP contribution in [0.5, 0.6) is 0 Å². The van der Waals surface area contributed by atoms with Crippen LogP contribution in [0.1, 0.15) is 71.4 Å². The Morgan fingerprint density at radius 1 is 1.31 bits per heavy atom. The Hall–Kier alpha value is -0.900. The minimum Gasteiger partial charge on any atom is -0.377 e. The summed E-state index contributed by atoms with van der Waals surface area (Å²) >= 11 is 0. The predicted molar refractivity (Wildman–Crippen MR) is 128 cm³/mol.